The topological polar surface area (TPSA) is 70.1 Å². The van der Waals surface area contributed by atoms with E-state index in [0.717, 1.165) is 16.0 Å². The van der Waals surface area contributed by atoms with Crippen LogP contribution < -0.4 is 10.6 Å². The summed E-state index contributed by atoms with van der Waals surface area (Å²) in [6, 6.07) is 2.00. The Hall–Kier alpha value is -1.40. The molecule has 2 aromatic heterocycles. The van der Waals surface area contributed by atoms with E-state index in [4.69, 9.17) is 0 Å². The minimum atomic E-state index is -0.300. The molecule has 0 aliphatic carbocycles. The molecule has 2 aromatic rings. The number of nitrogens with zero attached hydrogens (tertiary/aromatic N) is 2. The Morgan fingerprint density at radius 2 is 2.29 bits per heavy atom. The van der Waals surface area contributed by atoms with E-state index in [-0.39, 0.29) is 6.10 Å². The Balaban J connectivity index is 2.21. The van der Waals surface area contributed by atoms with E-state index in [0.29, 0.717) is 18.9 Å². The average molecular weight is 252 g/mol. The van der Waals surface area contributed by atoms with Gasteiger partial charge in [0.1, 0.15) is 10.6 Å². The first-order valence-electron chi connectivity index (χ1n) is 5.55. The molecule has 3 N–H and O–H groups in total. The zero-order valence-corrected chi connectivity index (χ0v) is 10.7. The van der Waals surface area contributed by atoms with E-state index in [1.54, 1.807) is 25.3 Å². The van der Waals surface area contributed by atoms with Crippen LogP contribution in [0.15, 0.2) is 11.4 Å². The fourth-order valence-corrected chi connectivity index (χ4v) is 2.27. The summed E-state index contributed by atoms with van der Waals surface area (Å²) in [5.74, 6) is 1.43. The van der Waals surface area contributed by atoms with Crippen LogP contribution in [0, 0.1) is 0 Å². The lowest BCUT2D eigenvalue weighted by Crippen LogP contribution is -2.11. The van der Waals surface area contributed by atoms with Crippen LogP contribution >= 0.6 is 11.3 Å². The number of hydrogen-bond donors (Lipinski definition) is 3. The summed E-state index contributed by atoms with van der Waals surface area (Å²) in [4.78, 5) is 9.71. The molecule has 1 atom stereocenters. The van der Waals surface area contributed by atoms with Gasteiger partial charge in [-0.15, -0.1) is 11.3 Å². The van der Waals surface area contributed by atoms with Crippen molar-refractivity contribution in [1.29, 1.82) is 0 Å². The fraction of sp³-hybridized carbons (Fsp3) is 0.455. The van der Waals surface area contributed by atoms with Crippen molar-refractivity contribution in [3.63, 3.8) is 0 Å². The van der Waals surface area contributed by atoms with Gasteiger partial charge < -0.3 is 15.7 Å². The van der Waals surface area contributed by atoms with Gasteiger partial charge in [0.05, 0.1) is 11.5 Å². The third kappa shape index (κ3) is 2.83. The number of aliphatic hydroxyl groups is 1. The highest BCUT2D eigenvalue weighted by atomic mass is 32.1. The molecule has 5 nitrogen and oxygen atoms in total. The van der Waals surface area contributed by atoms with Crippen LogP contribution in [0.3, 0.4) is 0 Å². The Morgan fingerprint density at radius 3 is 3.00 bits per heavy atom. The van der Waals surface area contributed by atoms with Gasteiger partial charge in [-0.1, -0.05) is 0 Å². The van der Waals surface area contributed by atoms with Crippen LogP contribution in [-0.4, -0.2) is 34.8 Å². The molecular formula is C11H16N4OS. The van der Waals surface area contributed by atoms with Crippen LogP contribution in [0.4, 0.5) is 11.8 Å². The van der Waals surface area contributed by atoms with Gasteiger partial charge in [-0.2, -0.15) is 4.98 Å². The lowest BCUT2D eigenvalue weighted by atomic mass is 10.3. The maximum atomic E-state index is 9.22. The summed E-state index contributed by atoms with van der Waals surface area (Å²) >= 11 is 1.59. The molecule has 1 unspecified atom stereocenters. The van der Waals surface area contributed by atoms with Gasteiger partial charge in [0.15, 0.2) is 0 Å². The standard InChI is InChI=1S/C11H16N4OS/c1-7(16)3-5-13-9-8-4-6-17-10(8)15-11(12-2)14-9/h4,6-7,16H,3,5H2,1-2H3,(H2,12,13,14,15). The van der Waals surface area contributed by atoms with Crippen molar-refractivity contribution in [2.45, 2.75) is 19.4 Å². The Labute approximate surface area is 104 Å². The SMILES string of the molecule is CNc1nc(NCCC(C)O)c2ccsc2n1. The van der Waals surface area contributed by atoms with E-state index in [2.05, 4.69) is 20.6 Å². The van der Waals surface area contributed by atoms with Crippen LogP contribution in [0.2, 0.25) is 0 Å². The van der Waals surface area contributed by atoms with E-state index in [1.807, 2.05) is 11.4 Å². The molecule has 0 aliphatic heterocycles. The first kappa shape index (κ1) is 12.1. The third-order valence-corrected chi connectivity index (χ3v) is 3.21. The Morgan fingerprint density at radius 1 is 1.47 bits per heavy atom. The van der Waals surface area contributed by atoms with Gasteiger partial charge in [0.2, 0.25) is 5.95 Å². The maximum Gasteiger partial charge on any atom is 0.225 e. The van der Waals surface area contributed by atoms with Crippen LogP contribution in [-0.2, 0) is 0 Å². The fourth-order valence-electron chi connectivity index (χ4n) is 1.50. The van der Waals surface area contributed by atoms with Crippen LogP contribution in [0.25, 0.3) is 10.2 Å². The second kappa shape index (κ2) is 5.29. The van der Waals surface area contributed by atoms with Gasteiger partial charge in [-0.25, -0.2) is 4.98 Å². The van der Waals surface area contributed by atoms with Crippen molar-refractivity contribution in [3.8, 4) is 0 Å². The number of aliphatic hydroxyl groups excluding tert-OH is 1. The Kier molecular flexibility index (Phi) is 3.75. The molecule has 0 bridgehead atoms. The minimum absolute atomic E-state index is 0.300. The van der Waals surface area contributed by atoms with Gasteiger partial charge in [0.25, 0.3) is 0 Å². The summed E-state index contributed by atoms with van der Waals surface area (Å²) in [6.07, 6.45) is 0.399. The molecule has 0 aromatic carbocycles. The average Bonchev–Trinajstić information content (AvgIpc) is 2.76. The van der Waals surface area contributed by atoms with E-state index < -0.39 is 0 Å². The smallest absolute Gasteiger partial charge is 0.225 e. The quantitative estimate of drug-likeness (QED) is 0.758. The minimum Gasteiger partial charge on any atom is -0.393 e. The Bertz CT molecular complexity index is 497. The van der Waals surface area contributed by atoms with Crippen molar-refractivity contribution in [1.82, 2.24) is 9.97 Å². The van der Waals surface area contributed by atoms with Crippen molar-refractivity contribution in [2.24, 2.45) is 0 Å². The predicted molar refractivity (Wildman–Crippen MR) is 71.7 cm³/mol. The molecule has 0 radical (unpaired) electrons. The molecular weight excluding hydrogens is 236 g/mol. The lowest BCUT2D eigenvalue weighted by molar-refractivity contribution is 0.188. The highest BCUT2D eigenvalue weighted by molar-refractivity contribution is 7.16. The molecule has 0 saturated carbocycles. The summed E-state index contributed by atoms with van der Waals surface area (Å²) in [6.45, 7) is 2.48. The summed E-state index contributed by atoms with van der Waals surface area (Å²) in [5, 5.41) is 18.4. The molecule has 0 saturated heterocycles. The van der Waals surface area contributed by atoms with E-state index >= 15 is 0 Å². The van der Waals surface area contributed by atoms with Crippen molar-refractivity contribution in [2.75, 3.05) is 24.2 Å². The van der Waals surface area contributed by atoms with Gasteiger partial charge in [-0.05, 0) is 24.8 Å². The first-order valence-corrected chi connectivity index (χ1v) is 6.43. The zero-order valence-electron chi connectivity index (χ0n) is 9.90. The van der Waals surface area contributed by atoms with Crippen molar-refractivity contribution >= 4 is 33.3 Å². The molecule has 92 valence electrons. The normalized spacial score (nSPS) is 12.6. The highest BCUT2D eigenvalue weighted by Crippen LogP contribution is 2.26. The predicted octanol–water partition coefficient (Wildman–Crippen LogP) is 1.92. The second-order valence-electron chi connectivity index (χ2n) is 3.85. The molecule has 0 fully saturated rings. The number of rotatable bonds is 5. The monoisotopic (exact) mass is 252 g/mol. The summed E-state index contributed by atoms with van der Waals surface area (Å²) < 4.78 is 0. The number of aromatic nitrogens is 2. The molecule has 0 aliphatic rings. The highest BCUT2D eigenvalue weighted by Gasteiger charge is 2.07. The molecule has 2 rings (SSSR count). The summed E-state index contributed by atoms with van der Waals surface area (Å²) in [7, 11) is 1.80. The maximum absolute atomic E-state index is 9.22. The first-order chi connectivity index (χ1) is 8.20. The number of anilines is 2. The number of thiophene rings is 1. The largest absolute Gasteiger partial charge is 0.393 e. The molecule has 0 spiro atoms. The van der Waals surface area contributed by atoms with Crippen molar-refractivity contribution < 1.29 is 5.11 Å². The van der Waals surface area contributed by atoms with Crippen LogP contribution in [0.1, 0.15) is 13.3 Å². The molecule has 6 heteroatoms. The van der Waals surface area contributed by atoms with Crippen molar-refractivity contribution in [3.05, 3.63) is 11.4 Å². The van der Waals surface area contributed by atoms with Crippen LogP contribution in [0.5, 0.6) is 0 Å². The molecule has 2 heterocycles. The summed E-state index contributed by atoms with van der Waals surface area (Å²) in [5.41, 5.74) is 0. The number of fused-ring (bicyclic) bond motifs is 1. The zero-order chi connectivity index (χ0) is 12.3. The van der Waals surface area contributed by atoms with E-state index in [9.17, 15) is 5.11 Å². The molecule has 0 amide bonds. The molecule has 17 heavy (non-hydrogen) atoms. The van der Waals surface area contributed by atoms with Gasteiger partial charge >= 0.3 is 0 Å². The van der Waals surface area contributed by atoms with E-state index in [1.165, 1.54) is 0 Å². The lowest BCUT2D eigenvalue weighted by Gasteiger charge is -2.09. The third-order valence-electron chi connectivity index (χ3n) is 2.40. The number of nitrogens with one attached hydrogen (secondary N) is 2. The van der Waals surface area contributed by atoms with Gasteiger partial charge in [-0.3, -0.25) is 0 Å². The second-order valence-corrected chi connectivity index (χ2v) is 4.74. The number of hydrogen-bond acceptors (Lipinski definition) is 6. The van der Waals surface area contributed by atoms with Gasteiger partial charge in [0, 0.05) is 13.6 Å².